The third kappa shape index (κ3) is 3.96. The van der Waals surface area contributed by atoms with Gasteiger partial charge in [0, 0.05) is 33.8 Å². The van der Waals surface area contributed by atoms with Crippen molar-refractivity contribution in [2.45, 2.75) is 34.1 Å². The van der Waals surface area contributed by atoms with Crippen LogP contribution in [0, 0.1) is 20.8 Å². The summed E-state index contributed by atoms with van der Waals surface area (Å²) in [5, 5.41) is 4.07. The van der Waals surface area contributed by atoms with Crippen molar-refractivity contribution in [3.63, 3.8) is 0 Å². The second kappa shape index (κ2) is 7.66. The summed E-state index contributed by atoms with van der Waals surface area (Å²) in [4.78, 5) is 32.6. The van der Waals surface area contributed by atoms with Gasteiger partial charge in [0.15, 0.2) is 10.9 Å². The van der Waals surface area contributed by atoms with Crippen LogP contribution in [0.25, 0.3) is 0 Å². The fourth-order valence-corrected chi connectivity index (χ4v) is 4.17. The van der Waals surface area contributed by atoms with E-state index in [9.17, 15) is 9.59 Å². The van der Waals surface area contributed by atoms with Crippen LogP contribution in [0.15, 0.2) is 24.4 Å². The number of rotatable bonds is 5. The smallest absolute Gasteiger partial charge is 0.274 e. The lowest BCUT2D eigenvalue weighted by Gasteiger charge is -2.04. The number of aromatic amines is 1. The molecule has 0 aliphatic heterocycles. The van der Waals surface area contributed by atoms with E-state index in [0.717, 1.165) is 21.0 Å². The van der Waals surface area contributed by atoms with Gasteiger partial charge in [0.05, 0.1) is 0 Å². The topological polar surface area (TPSA) is 74.8 Å². The summed E-state index contributed by atoms with van der Waals surface area (Å²) in [5.74, 6) is -0.371. The van der Waals surface area contributed by atoms with Gasteiger partial charge in [0.1, 0.15) is 5.69 Å². The molecule has 0 radical (unpaired) electrons. The molecule has 3 aromatic rings. The number of benzene rings is 1. The van der Waals surface area contributed by atoms with Gasteiger partial charge in [0.2, 0.25) is 0 Å². The summed E-state index contributed by atoms with van der Waals surface area (Å²) in [6, 6.07) is 5.94. The quantitative estimate of drug-likeness (QED) is 0.584. The van der Waals surface area contributed by atoms with E-state index < -0.39 is 0 Å². The van der Waals surface area contributed by atoms with Crippen molar-refractivity contribution in [1.29, 1.82) is 0 Å². The van der Waals surface area contributed by atoms with Crippen LogP contribution in [0.5, 0.6) is 0 Å². The molecule has 2 N–H and O–H groups in total. The first kappa shape index (κ1) is 19.3. The monoisotopic (exact) mass is 401 g/mol. The molecule has 0 saturated heterocycles. The van der Waals surface area contributed by atoms with Gasteiger partial charge in [-0.05, 0) is 44.4 Å². The maximum absolute atomic E-state index is 12.6. The molecule has 2 heterocycles. The van der Waals surface area contributed by atoms with Crippen LogP contribution < -0.4 is 5.32 Å². The van der Waals surface area contributed by atoms with Crippen LogP contribution in [0.1, 0.15) is 55.0 Å². The molecule has 0 spiro atoms. The van der Waals surface area contributed by atoms with Crippen molar-refractivity contribution in [3.8, 4) is 0 Å². The maximum atomic E-state index is 12.6. The molecule has 0 aliphatic rings. The predicted octanol–water partition coefficient (Wildman–Crippen LogP) is 5.10. The minimum absolute atomic E-state index is 0.0631. The third-order valence-corrected chi connectivity index (χ3v) is 5.88. The number of ketones is 1. The van der Waals surface area contributed by atoms with Gasteiger partial charge in [0.25, 0.3) is 5.91 Å². The number of nitrogens with zero attached hydrogens (tertiary/aromatic N) is 1. The molecule has 0 saturated carbocycles. The van der Waals surface area contributed by atoms with E-state index in [1.54, 1.807) is 20.0 Å². The highest BCUT2D eigenvalue weighted by Crippen LogP contribution is 2.27. The Balaban J connectivity index is 1.76. The molecule has 140 valence electrons. The van der Waals surface area contributed by atoms with E-state index >= 15 is 0 Å². The van der Waals surface area contributed by atoms with Crippen molar-refractivity contribution >= 4 is 39.8 Å². The Labute approximate surface area is 166 Å². The fraction of sp³-hybridized carbons (Fsp3) is 0.250. The van der Waals surface area contributed by atoms with Gasteiger partial charge in [-0.1, -0.05) is 29.8 Å². The fourth-order valence-electron chi connectivity index (χ4n) is 3.14. The number of carbonyl (C=O) groups excluding carboxylic acids is 2. The molecule has 27 heavy (non-hydrogen) atoms. The van der Waals surface area contributed by atoms with Crippen LogP contribution in [-0.4, -0.2) is 21.7 Å². The minimum atomic E-state index is -0.308. The van der Waals surface area contributed by atoms with Gasteiger partial charge in [-0.15, -0.1) is 11.3 Å². The summed E-state index contributed by atoms with van der Waals surface area (Å²) >= 11 is 7.76. The lowest BCUT2D eigenvalue weighted by molar-refractivity contribution is 0.101. The Morgan fingerprint density at radius 3 is 2.67 bits per heavy atom. The summed E-state index contributed by atoms with van der Waals surface area (Å²) in [6.45, 7) is 7.02. The molecule has 3 rings (SSSR count). The zero-order valence-electron chi connectivity index (χ0n) is 15.6. The molecule has 1 amide bonds. The number of aromatic nitrogens is 2. The Bertz CT molecular complexity index is 1040. The molecule has 0 fully saturated rings. The molecule has 0 unspecified atom stereocenters. The minimum Gasteiger partial charge on any atom is -0.354 e. The molecule has 0 bridgehead atoms. The zero-order valence-corrected chi connectivity index (χ0v) is 17.1. The second-order valence-electron chi connectivity index (χ2n) is 6.49. The van der Waals surface area contributed by atoms with Crippen LogP contribution in [0.3, 0.4) is 0 Å². The number of nitrogens with one attached hydrogen (secondary N) is 2. The molecule has 7 heteroatoms. The Kier molecular flexibility index (Phi) is 5.48. The van der Waals surface area contributed by atoms with Crippen LogP contribution >= 0.6 is 22.9 Å². The lowest BCUT2D eigenvalue weighted by atomic mass is 10.1. The van der Waals surface area contributed by atoms with Crippen molar-refractivity contribution in [2.75, 3.05) is 5.32 Å². The van der Waals surface area contributed by atoms with Gasteiger partial charge in [-0.3, -0.25) is 14.9 Å². The van der Waals surface area contributed by atoms with Crippen molar-refractivity contribution < 1.29 is 9.59 Å². The zero-order chi connectivity index (χ0) is 19.7. The standard InChI is InChI=1S/C20H20ClN3O2S/c1-10-6-5-7-14(17(10)21)8-15-9-22-20(27-15)24-19(26)18-11(2)16(13(4)25)12(3)23-18/h5-7,9,23H,8H2,1-4H3,(H,22,24,26). The number of halogens is 1. The number of hydrogen-bond donors (Lipinski definition) is 2. The molecule has 0 aliphatic carbocycles. The SMILES string of the molecule is CC(=O)c1c(C)[nH]c(C(=O)Nc2ncc(Cc3cccc(C)c3Cl)s2)c1C. The number of amides is 1. The van der Waals surface area contributed by atoms with Gasteiger partial charge >= 0.3 is 0 Å². The third-order valence-electron chi connectivity index (χ3n) is 4.43. The molecule has 0 atom stereocenters. The predicted molar refractivity (Wildman–Crippen MR) is 109 cm³/mol. The molecular weight excluding hydrogens is 382 g/mol. The Morgan fingerprint density at radius 2 is 2.00 bits per heavy atom. The van der Waals surface area contributed by atoms with E-state index in [4.69, 9.17) is 11.6 Å². The first-order valence-electron chi connectivity index (χ1n) is 8.48. The molecular formula is C20H20ClN3O2S. The normalized spacial score (nSPS) is 10.9. The number of carbonyl (C=O) groups is 2. The number of hydrogen-bond acceptors (Lipinski definition) is 4. The van der Waals surface area contributed by atoms with Crippen LogP contribution in [-0.2, 0) is 6.42 Å². The van der Waals surface area contributed by atoms with Crippen molar-refractivity contribution in [3.05, 3.63) is 67.9 Å². The molecule has 2 aromatic heterocycles. The lowest BCUT2D eigenvalue weighted by Crippen LogP contribution is -2.13. The number of aryl methyl sites for hydroxylation is 2. The van der Waals surface area contributed by atoms with Crippen LogP contribution in [0.2, 0.25) is 5.02 Å². The van der Waals surface area contributed by atoms with E-state index in [1.165, 1.54) is 18.3 Å². The highest BCUT2D eigenvalue weighted by molar-refractivity contribution is 7.15. The average molecular weight is 402 g/mol. The summed E-state index contributed by atoms with van der Waals surface area (Å²) in [5.41, 5.74) is 4.36. The van der Waals surface area contributed by atoms with E-state index in [2.05, 4.69) is 15.3 Å². The Hall–Kier alpha value is -2.44. The molecule has 5 nitrogen and oxygen atoms in total. The number of Topliss-reactive ketones (excluding diaryl/α,β-unsaturated/α-hetero) is 1. The average Bonchev–Trinajstić information content (AvgIpc) is 3.15. The van der Waals surface area contributed by atoms with Crippen molar-refractivity contribution in [1.82, 2.24) is 9.97 Å². The highest BCUT2D eigenvalue weighted by atomic mass is 35.5. The van der Waals surface area contributed by atoms with Gasteiger partial charge in [-0.2, -0.15) is 0 Å². The van der Waals surface area contributed by atoms with E-state index in [1.807, 2.05) is 25.1 Å². The second-order valence-corrected chi connectivity index (χ2v) is 7.98. The number of thiazole rings is 1. The van der Waals surface area contributed by atoms with Gasteiger partial charge in [-0.25, -0.2) is 4.98 Å². The molecule has 1 aromatic carbocycles. The van der Waals surface area contributed by atoms with E-state index in [-0.39, 0.29) is 11.7 Å². The maximum Gasteiger partial charge on any atom is 0.274 e. The first-order valence-corrected chi connectivity index (χ1v) is 9.67. The Morgan fingerprint density at radius 1 is 1.26 bits per heavy atom. The van der Waals surface area contributed by atoms with Crippen molar-refractivity contribution in [2.24, 2.45) is 0 Å². The van der Waals surface area contributed by atoms with Crippen LogP contribution in [0.4, 0.5) is 5.13 Å². The highest BCUT2D eigenvalue weighted by Gasteiger charge is 2.20. The first-order chi connectivity index (χ1) is 12.8. The summed E-state index contributed by atoms with van der Waals surface area (Å²) < 4.78 is 0. The summed E-state index contributed by atoms with van der Waals surface area (Å²) in [7, 11) is 0. The largest absolute Gasteiger partial charge is 0.354 e. The number of anilines is 1. The van der Waals surface area contributed by atoms with Gasteiger partial charge < -0.3 is 4.98 Å². The van der Waals surface area contributed by atoms with E-state index in [0.29, 0.717) is 34.1 Å². The summed E-state index contributed by atoms with van der Waals surface area (Å²) in [6.07, 6.45) is 2.40. The number of H-pyrrole nitrogens is 1.